The summed E-state index contributed by atoms with van der Waals surface area (Å²) in [6.07, 6.45) is 14.5. The second-order valence-corrected chi connectivity index (χ2v) is 25.6. The number of aromatic nitrogens is 3. The molecule has 4 atom stereocenters. The molecule has 5 heterocycles. The zero-order chi connectivity index (χ0) is 58.6. The molecule has 1 saturated carbocycles. The summed E-state index contributed by atoms with van der Waals surface area (Å²) in [5, 5.41) is 19.7. The van der Waals surface area contributed by atoms with Crippen molar-refractivity contribution in [2.24, 2.45) is 10.8 Å². The first-order chi connectivity index (χ1) is 38.5. The summed E-state index contributed by atoms with van der Waals surface area (Å²) in [7, 11) is 2.17. The van der Waals surface area contributed by atoms with E-state index in [0.29, 0.717) is 41.6 Å². The van der Waals surface area contributed by atoms with Gasteiger partial charge < -0.3 is 45.4 Å². The molecule has 1 aliphatic carbocycles. The van der Waals surface area contributed by atoms with Crippen LogP contribution in [0.4, 0.5) is 10.2 Å². The van der Waals surface area contributed by atoms with Crippen molar-refractivity contribution in [3.8, 4) is 21.9 Å². The highest BCUT2D eigenvalue weighted by Gasteiger charge is 2.47. The number of halogens is 1. The molecule has 442 valence electrons. The third kappa shape index (κ3) is 16.8. The van der Waals surface area contributed by atoms with Gasteiger partial charge >= 0.3 is 0 Å². The van der Waals surface area contributed by atoms with Gasteiger partial charge in [0, 0.05) is 62.4 Å². The molecule has 4 N–H and O–H groups in total. The molecule has 0 radical (unpaired) electrons. The standard InChI is InChI=1S/C37H55N5O5S.C25H34FN5O2/c1-24(26-17-19-27(20-18-26)33-25(2)38-23-48-33)39-35(46)30-21-29(43)22-42(30)36(47)34(37(3,4)5)41-32(45)16-12-7-6-11-15-31(44)40-28-13-9-8-10-14-28;1-17(2)31(18(3)4)24(32)20-12-19(26)6-7-21(20)33-22-13-27-16-28-23(22)30-14-25(15-30)8-10-29(5)11-9-25/h17-20,23-24,28-30,34,43H,6-16,21-22H2,1-5H3,(H,39,46)(H,40,44)(H,41,45);6-7,12-13,16-18H,8-11,14-15H2,1-5H3/t24-,29?,30-,34?;/m1./s1. The van der Waals surface area contributed by atoms with Gasteiger partial charge in [-0.15, -0.1) is 11.3 Å². The molecule has 4 aliphatic rings. The van der Waals surface area contributed by atoms with Crippen LogP contribution >= 0.6 is 11.3 Å². The highest BCUT2D eigenvalue weighted by atomic mass is 32.1. The van der Waals surface area contributed by atoms with E-state index in [1.54, 1.807) is 22.4 Å². The number of benzene rings is 2. The first kappa shape index (κ1) is 62.5. The van der Waals surface area contributed by atoms with Crippen molar-refractivity contribution in [2.75, 3.05) is 44.7 Å². The van der Waals surface area contributed by atoms with Crippen LogP contribution < -0.4 is 25.6 Å². The predicted octanol–water partition coefficient (Wildman–Crippen LogP) is 9.78. The molecule has 8 rings (SSSR count). The number of anilines is 1. The number of β-amino-alcohol motifs (C(OH)–C–C–N with tert-alkyl or cyclic N) is 1. The Morgan fingerprint density at radius 1 is 0.864 bits per heavy atom. The van der Waals surface area contributed by atoms with Crippen LogP contribution in [-0.2, 0) is 19.2 Å². The predicted molar refractivity (Wildman–Crippen MR) is 315 cm³/mol. The lowest BCUT2D eigenvalue weighted by Crippen LogP contribution is -2.60. The zero-order valence-electron chi connectivity index (χ0n) is 49.6. The maximum Gasteiger partial charge on any atom is 0.258 e. The van der Waals surface area contributed by atoms with Gasteiger partial charge in [0.15, 0.2) is 11.6 Å². The Morgan fingerprint density at radius 2 is 1.52 bits per heavy atom. The fourth-order valence-corrected chi connectivity index (χ4v) is 12.6. The van der Waals surface area contributed by atoms with Crippen molar-refractivity contribution in [1.82, 2.24) is 45.6 Å². The van der Waals surface area contributed by atoms with E-state index >= 15 is 0 Å². The Balaban J connectivity index is 0.000000250. The summed E-state index contributed by atoms with van der Waals surface area (Å²) in [6.45, 7) is 21.4. The van der Waals surface area contributed by atoms with Crippen molar-refractivity contribution in [1.29, 1.82) is 0 Å². The number of nitrogens with one attached hydrogen (secondary N) is 3. The van der Waals surface area contributed by atoms with Gasteiger partial charge in [-0.3, -0.25) is 24.0 Å². The Kier molecular flexibility index (Phi) is 21.8. The fraction of sp³-hybridized carbons (Fsp3) is 0.613. The third-order valence-corrected chi connectivity index (χ3v) is 17.4. The van der Waals surface area contributed by atoms with Gasteiger partial charge in [-0.05, 0) is 135 Å². The van der Waals surface area contributed by atoms with E-state index in [1.165, 1.54) is 61.5 Å². The maximum atomic E-state index is 14.2. The number of rotatable bonds is 20. The van der Waals surface area contributed by atoms with E-state index in [2.05, 4.69) is 47.7 Å². The second-order valence-electron chi connectivity index (χ2n) is 24.7. The van der Waals surface area contributed by atoms with E-state index < -0.39 is 29.4 Å². The number of hydrogen-bond acceptors (Lipinski definition) is 13. The minimum Gasteiger partial charge on any atom is -0.451 e. The van der Waals surface area contributed by atoms with Gasteiger partial charge in [-0.2, -0.15) is 0 Å². The summed E-state index contributed by atoms with van der Waals surface area (Å²) in [4.78, 5) is 87.8. The number of piperidine rings is 1. The number of hydrogen-bond donors (Lipinski definition) is 4. The van der Waals surface area contributed by atoms with Gasteiger partial charge in [0.05, 0.1) is 40.0 Å². The smallest absolute Gasteiger partial charge is 0.258 e. The van der Waals surface area contributed by atoms with Crippen LogP contribution in [0.15, 0.2) is 60.5 Å². The molecular weight excluding hydrogens is 1050 g/mol. The number of carbonyl (C=O) groups excluding carboxylic acids is 5. The Hall–Kier alpha value is -6.05. The third-order valence-electron chi connectivity index (χ3n) is 16.4. The molecule has 0 bridgehead atoms. The lowest BCUT2D eigenvalue weighted by atomic mass is 9.72. The number of thiazole rings is 1. The Bertz CT molecular complexity index is 2740. The number of amides is 5. The van der Waals surface area contributed by atoms with Gasteiger partial charge in [0.1, 0.15) is 30.0 Å². The van der Waals surface area contributed by atoms with E-state index in [4.69, 9.17) is 4.74 Å². The van der Waals surface area contributed by atoms with Crippen molar-refractivity contribution >= 4 is 46.7 Å². The molecule has 3 aliphatic heterocycles. The summed E-state index contributed by atoms with van der Waals surface area (Å²) in [5.74, 6) is -0.0473. The number of aliphatic hydroxyl groups excluding tert-OH is 1. The minimum atomic E-state index is -0.853. The number of aryl methyl sites for hydroxylation is 1. The minimum absolute atomic E-state index is 0.0314. The number of nitrogens with zero attached hydrogens (tertiary/aromatic N) is 7. The van der Waals surface area contributed by atoms with Gasteiger partial charge in [0.2, 0.25) is 23.6 Å². The molecule has 17 nitrogen and oxygen atoms in total. The highest BCUT2D eigenvalue weighted by molar-refractivity contribution is 7.13. The molecular formula is C62H89FN10O7S. The van der Waals surface area contributed by atoms with Crippen molar-refractivity contribution in [3.05, 3.63) is 83.1 Å². The van der Waals surface area contributed by atoms with Crippen LogP contribution in [-0.4, -0.2) is 140 Å². The molecule has 19 heteroatoms. The van der Waals surface area contributed by atoms with Gasteiger partial charge in [0.25, 0.3) is 5.91 Å². The average molecular weight is 1140 g/mol. The zero-order valence-corrected chi connectivity index (χ0v) is 50.4. The fourth-order valence-electron chi connectivity index (χ4n) is 11.7. The van der Waals surface area contributed by atoms with Crippen LogP contribution in [0.25, 0.3) is 10.4 Å². The molecule has 1 spiro atoms. The molecule has 2 aromatic heterocycles. The number of unbranched alkanes of at least 4 members (excludes halogenated alkanes) is 3. The van der Waals surface area contributed by atoms with Crippen LogP contribution in [0, 0.1) is 23.6 Å². The SMILES string of the molecule is CC(C)N(C(=O)c1cc(F)ccc1Oc1cncnc1N1CC2(CCN(C)CC2)C1)C(C)C.Cc1ncsc1-c1ccc([C@@H](C)NC(=O)[C@H]2CC(O)CN2C(=O)C(NC(=O)CCCCCCC(=O)NC2CCCCC2)C(C)(C)C)cc1. The lowest BCUT2D eigenvalue weighted by molar-refractivity contribution is -0.144. The first-order valence-corrected chi connectivity index (χ1v) is 30.3. The van der Waals surface area contributed by atoms with Gasteiger partial charge in [-0.1, -0.05) is 77.1 Å². The van der Waals surface area contributed by atoms with E-state index in [9.17, 15) is 33.5 Å². The first-order valence-electron chi connectivity index (χ1n) is 29.4. The normalized spacial score (nSPS) is 19.1. The molecule has 5 amide bonds. The summed E-state index contributed by atoms with van der Waals surface area (Å²) in [6, 6.07) is 10.3. The monoisotopic (exact) mass is 1140 g/mol. The Labute approximate surface area is 483 Å². The summed E-state index contributed by atoms with van der Waals surface area (Å²) in [5.41, 5.74) is 4.71. The topological polar surface area (TPSA) is 203 Å². The molecule has 4 fully saturated rings. The Morgan fingerprint density at radius 3 is 2.14 bits per heavy atom. The molecule has 3 saturated heterocycles. The van der Waals surface area contributed by atoms with Gasteiger partial charge in [-0.25, -0.2) is 19.3 Å². The van der Waals surface area contributed by atoms with Crippen molar-refractivity contribution in [3.63, 3.8) is 0 Å². The molecule has 2 aromatic carbocycles. The van der Waals surface area contributed by atoms with Crippen LogP contribution in [0.2, 0.25) is 0 Å². The average Bonchev–Trinajstić information content (AvgIpc) is 4.17. The summed E-state index contributed by atoms with van der Waals surface area (Å²) < 4.78 is 20.3. The number of aliphatic hydroxyl groups is 1. The highest BCUT2D eigenvalue weighted by Crippen LogP contribution is 2.45. The number of carbonyl (C=O) groups is 5. The van der Waals surface area contributed by atoms with E-state index in [-0.39, 0.29) is 72.6 Å². The number of ether oxygens (including phenoxy) is 1. The van der Waals surface area contributed by atoms with E-state index in [1.807, 2.05) is 92.1 Å². The molecule has 2 unspecified atom stereocenters. The number of likely N-dealkylation sites (tertiary alicyclic amines) is 2. The lowest BCUT2D eigenvalue weighted by Gasteiger charge is -2.54. The molecule has 4 aromatic rings. The van der Waals surface area contributed by atoms with Crippen molar-refractivity contribution < 1.29 is 38.2 Å². The van der Waals surface area contributed by atoms with Crippen LogP contribution in [0.1, 0.15) is 173 Å². The van der Waals surface area contributed by atoms with E-state index in [0.717, 1.165) is 80.0 Å². The second kappa shape index (κ2) is 28.3. The van der Waals surface area contributed by atoms with Crippen LogP contribution in [0.3, 0.4) is 0 Å². The quantitative estimate of drug-likeness (QED) is 0.0611. The van der Waals surface area contributed by atoms with Crippen molar-refractivity contribution in [2.45, 2.75) is 195 Å². The maximum absolute atomic E-state index is 14.2. The van der Waals surface area contributed by atoms with Crippen LogP contribution in [0.5, 0.6) is 11.5 Å². The molecule has 81 heavy (non-hydrogen) atoms. The summed E-state index contributed by atoms with van der Waals surface area (Å²) >= 11 is 1.59. The largest absolute Gasteiger partial charge is 0.451 e.